The Morgan fingerprint density at radius 1 is 0.867 bits per heavy atom. The number of carboxylic acid groups (broad SMARTS) is 1. The Balaban J connectivity index is 0.000000297. The number of carbonyl (C=O) groups is 1. The van der Waals surface area contributed by atoms with E-state index in [1.54, 1.807) is 18.4 Å². The summed E-state index contributed by atoms with van der Waals surface area (Å²) >= 11 is 0. The number of nitrogens with two attached hydrogens (primary N) is 1. The number of hydrogen-bond donors (Lipinski definition) is 2. The maximum absolute atomic E-state index is 11.3. The van der Waals surface area contributed by atoms with E-state index in [4.69, 9.17) is 5.73 Å². The van der Waals surface area contributed by atoms with Crippen molar-refractivity contribution < 1.29 is 9.90 Å². The third-order valence-electron chi connectivity index (χ3n) is 4.30. The highest BCUT2D eigenvalue weighted by atomic mass is 16.4. The van der Waals surface area contributed by atoms with Crippen molar-refractivity contribution in [2.24, 2.45) is 4.99 Å². The lowest BCUT2D eigenvalue weighted by Gasteiger charge is -2.07. The highest BCUT2D eigenvalue weighted by Crippen LogP contribution is 2.08. The Morgan fingerprint density at radius 2 is 1.37 bits per heavy atom. The number of nitrogens with zero attached hydrogens (tertiary/aromatic N) is 1. The first-order chi connectivity index (χ1) is 14.5. The number of anilines is 1. The van der Waals surface area contributed by atoms with E-state index in [1.807, 2.05) is 78.9 Å². The fraction of sp³-hybridized carbons (Fsp3) is 0.0769. The van der Waals surface area contributed by atoms with Crippen LogP contribution in [0.15, 0.2) is 97.0 Å². The van der Waals surface area contributed by atoms with Crippen LogP contribution < -0.4 is 5.73 Å². The molecule has 0 aliphatic heterocycles. The molecule has 30 heavy (non-hydrogen) atoms. The zero-order valence-electron chi connectivity index (χ0n) is 16.8. The summed E-state index contributed by atoms with van der Waals surface area (Å²) in [5.41, 5.74) is 10.2. The van der Waals surface area contributed by atoms with Crippen LogP contribution in [0.25, 0.3) is 12.2 Å². The third kappa shape index (κ3) is 7.60. The van der Waals surface area contributed by atoms with Crippen LogP contribution in [0.4, 0.5) is 5.69 Å². The van der Waals surface area contributed by atoms with Crippen LogP contribution in [0.3, 0.4) is 0 Å². The van der Waals surface area contributed by atoms with Crippen LogP contribution in [0, 0.1) is 0 Å². The zero-order valence-corrected chi connectivity index (χ0v) is 16.8. The van der Waals surface area contributed by atoms with Crippen molar-refractivity contribution in [3.8, 4) is 0 Å². The van der Waals surface area contributed by atoms with E-state index in [2.05, 4.69) is 18.2 Å². The first-order valence-electron chi connectivity index (χ1n) is 9.52. The Morgan fingerprint density at radius 3 is 1.87 bits per heavy atom. The fourth-order valence-corrected chi connectivity index (χ4v) is 2.57. The van der Waals surface area contributed by atoms with Gasteiger partial charge in [-0.15, -0.1) is 0 Å². The summed E-state index contributed by atoms with van der Waals surface area (Å²) in [6.07, 6.45) is 5.54. The van der Waals surface area contributed by atoms with E-state index >= 15 is 0 Å². The molecule has 3 rings (SSSR count). The molecule has 152 valence electrons. The second kappa shape index (κ2) is 11.8. The SMILES string of the molecule is C=Cc1ccc(C=N[C@@H](Cc2ccccc2)C(=O)O)cc1.C=Cc1ccc(N)cc1. The first kappa shape index (κ1) is 22.4. The van der Waals surface area contributed by atoms with Crippen LogP contribution in [0.1, 0.15) is 22.3 Å². The Kier molecular flexibility index (Phi) is 8.81. The minimum Gasteiger partial charge on any atom is -0.480 e. The highest BCUT2D eigenvalue weighted by Gasteiger charge is 2.15. The van der Waals surface area contributed by atoms with E-state index in [0.717, 1.165) is 27.9 Å². The van der Waals surface area contributed by atoms with Gasteiger partial charge in [-0.25, -0.2) is 4.79 Å². The summed E-state index contributed by atoms with van der Waals surface area (Å²) in [4.78, 5) is 15.5. The molecule has 0 aromatic heterocycles. The van der Waals surface area contributed by atoms with Crippen molar-refractivity contribution >= 4 is 30.0 Å². The summed E-state index contributed by atoms with van der Waals surface area (Å²) < 4.78 is 0. The van der Waals surface area contributed by atoms with Gasteiger partial charge in [0.05, 0.1) is 0 Å². The van der Waals surface area contributed by atoms with E-state index in [1.165, 1.54) is 0 Å². The number of rotatable bonds is 7. The van der Waals surface area contributed by atoms with Gasteiger partial charge in [-0.05, 0) is 34.4 Å². The topological polar surface area (TPSA) is 75.7 Å². The van der Waals surface area contributed by atoms with Gasteiger partial charge in [0.2, 0.25) is 0 Å². The summed E-state index contributed by atoms with van der Waals surface area (Å²) in [5, 5.41) is 9.27. The lowest BCUT2D eigenvalue weighted by molar-refractivity contribution is -0.138. The zero-order chi connectivity index (χ0) is 21.8. The lowest BCUT2D eigenvalue weighted by atomic mass is 10.1. The molecule has 4 heteroatoms. The second-order valence-corrected chi connectivity index (χ2v) is 6.56. The third-order valence-corrected chi connectivity index (χ3v) is 4.30. The van der Waals surface area contributed by atoms with E-state index < -0.39 is 12.0 Å². The van der Waals surface area contributed by atoms with E-state index in [0.29, 0.717) is 6.42 Å². The van der Waals surface area contributed by atoms with Crippen LogP contribution in [0.5, 0.6) is 0 Å². The van der Waals surface area contributed by atoms with E-state index in [-0.39, 0.29) is 0 Å². The van der Waals surface area contributed by atoms with Crippen molar-refractivity contribution in [3.05, 3.63) is 114 Å². The molecule has 4 nitrogen and oxygen atoms in total. The molecule has 0 amide bonds. The van der Waals surface area contributed by atoms with Gasteiger partial charge < -0.3 is 10.8 Å². The summed E-state index contributed by atoms with van der Waals surface area (Å²) in [5.74, 6) is -0.919. The van der Waals surface area contributed by atoms with Crippen molar-refractivity contribution in [2.75, 3.05) is 5.73 Å². The van der Waals surface area contributed by atoms with Gasteiger partial charge in [-0.3, -0.25) is 4.99 Å². The molecule has 0 saturated carbocycles. The molecule has 0 spiro atoms. The molecule has 0 saturated heterocycles. The Labute approximate surface area is 177 Å². The predicted octanol–water partition coefficient (Wildman–Crippen LogP) is 5.36. The van der Waals surface area contributed by atoms with Crippen molar-refractivity contribution in [1.82, 2.24) is 0 Å². The number of nitrogen functional groups attached to an aromatic ring is 1. The lowest BCUT2D eigenvalue weighted by Crippen LogP contribution is -2.20. The monoisotopic (exact) mass is 398 g/mol. The van der Waals surface area contributed by atoms with Gasteiger partial charge in [0.15, 0.2) is 6.04 Å². The van der Waals surface area contributed by atoms with Crippen molar-refractivity contribution in [1.29, 1.82) is 0 Å². The number of aliphatic carboxylic acids is 1. The first-order valence-corrected chi connectivity index (χ1v) is 9.52. The smallest absolute Gasteiger partial charge is 0.328 e. The van der Waals surface area contributed by atoms with Crippen molar-refractivity contribution in [2.45, 2.75) is 12.5 Å². The molecule has 0 bridgehead atoms. The van der Waals surface area contributed by atoms with Gasteiger partial charge in [0.1, 0.15) is 0 Å². The average Bonchev–Trinajstić information content (AvgIpc) is 2.78. The fourth-order valence-electron chi connectivity index (χ4n) is 2.57. The van der Waals surface area contributed by atoms with Crippen LogP contribution >= 0.6 is 0 Å². The molecule has 3 aromatic rings. The predicted molar refractivity (Wildman–Crippen MR) is 127 cm³/mol. The molecule has 0 heterocycles. The highest BCUT2D eigenvalue weighted by molar-refractivity contribution is 5.83. The number of aliphatic imine (C=N–C) groups is 1. The molecule has 0 aliphatic carbocycles. The van der Waals surface area contributed by atoms with Crippen LogP contribution in [0.2, 0.25) is 0 Å². The number of hydrogen-bond acceptors (Lipinski definition) is 3. The number of carboxylic acids is 1. The quantitative estimate of drug-likeness (QED) is 0.416. The minimum atomic E-state index is -0.919. The number of benzene rings is 3. The second-order valence-electron chi connectivity index (χ2n) is 6.56. The molecule has 3 aromatic carbocycles. The molecule has 1 atom stereocenters. The van der Waals surface area contributed by atoms with Crippen molar-refractivity contribution in [3.63, 3.8) is 0 Å². The Hall–Kier alpha value is -3.92. The average molecular weight is 399 g/mol. The molecule has 0 fully saturated rings. The van der Waals surface area contributed by atoms with Gasteiger partial charge in [-0.2, -0.15) is 0 Å². The maximum atomic E-state index is 11.3. The summed E-state index contributed by atoms with van der Waals surface area (Å²) in [7, 11) is 0. The van der Waals surface area contributed by atoms with Gasteiger partial charge in [-0.1, -0.05) is 92.0 Å². The normalized spacial score (nSPS) is 11.2. The summed E-state index contributed by atoms with van der Waals surface area (Å²) in [6.45, 7) is 7.31. The van der Waals surface area contributed by atoms with E-state index in [9.17, 15) is 9.90 Å². The molecule has 0 aliphatic rings. The van der Waals surface area contributed by atoms with Crippen LogP contribution in [-0.4, -0.2) is 23.3 Å². The summed E-state index contributed by atoms with van der Waals surface area (Å²) in [6, 6.07) is 23.9. The molecule has 3 N–H and O–H groups in total. The largest absolute Gasteiger partial charge is 0.480 e. The molecule has 0 radical (unpaired) electrons. The minimum absolute atomic E-state index is 0.386. The van der Waals surface area contributed by atoms with Crippen LogP contribution in [-0.2, 0) is 11.2 Å². The van der Waals surface area contributed by atoms with Gasteiger partial charge in [0.25, 0.3) is 0 Å². The molecular weight excluding hydrogens is 372 g/mol. The van der Waals surface area contributed by atoms with Gasteiger partial charge >= 0.3 is 5.97 Å². The Bertz CT molecular complexity index is 976. The maximum Gasteiger partial charge on any atom is 0.328 e. The van der Waals surface area contributed by atoms with Gasteiger partial charge in [0, 0.05) is 18.3 Å². The standard InChI is InChI=1S/C18H17NO2.C8H9N/c1-2-14-8-10-16(11-9-14)13-19-17(18(20)21)12-15-6-4-3-5-7-15;1-2-7-3-5-8(9)6-4-7/h2-11,13,17H,1,12H2,(H,20,21);2-6H,1,9H2/t17-;/m0./s1. The molecule has 0 unspecified atom stereocenters. The molecular formula is C26H26N2O2.